The highest BCUT2D eigenvalue weighted by molar-refractivity contribution is 7.90. The molecular formula is C25H24F4N2O4S. The molecule has 4 atom stereocenters. The van der Waals surface area contributed by atoms with Crippen molar-refractivity contribution in [3.05, 3.63) is 65.0 Å². The van der Waals surface area contributed by atoms with E-state index >= 15 is 0 Å². The van der Waals surface area contributed by atoms with Gasteiger partial charge in [0.2, 0.25) is 5.91 Å². The fraction of sp³-hybridized carbons (Fsp3) is 0.440. The van der Waals surface area contributed by atoms with Gasteiger partial charge in [0.1, 0.15) is 11.9 Å². The Balaban J connectivity index is 1.38. The molecule has 0 spiro atoms. The average Bonchev–Trinajstić information content (AvgIpc) is 3.74. The summed E-state index contributed by atoms with van der Waals surface area (Å²) in [5.41, 5.74) is -0.967. The number of alkyl halides is 3. The summed E-state index contributed by atoms with van der Waals surface area (Å²) < 4.78 is 77.5. The summed E-state index contributed by atoms with van der Waals surface area (Å²) >= 11 is 0. The van der Waals surface area contributed by atoms with Crippen molar-refractivity contribution < 1.29 is 35.6 Å². The van der Waals surface area contributed by atoms with Crippen molar-refractivity contribution in [3.63, 3.8) is 0 Å². The van der Waals surface area contributed by atoms with Crippen molar-refractivity contribution in [1.82, 2.24) is 10.2 Å². The maximum atomic E-state index is 14.7. The fourth-order valence-electron chi connectivity index (χ4n) is 5.08. The highest BCUT2D eigenvalue weighted by Crippen LogP contribution is 2.49. The second kappa shape index (κ2) is 8.57. The molecule has 5 rings (SSSR count). The summed E-state index contributed by atoms with van der Waals surface area (Å²) in [5.74, 6) is -1.96. The number of likely N-dealkylation sites (tertiary alicyclic amines) is 1. The Kier molecular flexibility index (Phi) is 5.89. The van der Waals surface area contributed by atoms with E-state index in [9.17, 15) is 35.6 Å². The number of nitrogens with one attached hydrogen (secondary N) is 1. The van der Waals surface area contributed by atoms with E-state index in [-0.39, 0.29) is 33.9 Å². The van der Waals surface area contributed by atoms with E-state index in [0.29, 0.717) is 25.3 Å². The number of amides is 2. The van der Waals surface area contributed by atoms with Crippen LogP contribution in [-0.4, -0.2) is 43.5 Å². The Morgan fingerprint density at radius 3 is 2.42 bits per heavy atom. The van der Waals surface area contributed by atoms with Gasteiger partial charge in [-0.05, 0) is 67.9 Å². The zero-order valence-corrected chi connectivity index (χ0v) is 20.1. The van der Waals surface area contributed by atoms with E-state index in [1.165, 1.54) is 29.2 Å². The topological polar surface area (TPSA) is 83.6 Å². The fourth-order valence-corrected chi connectivity index (χ4v) is 5.74. The van der Waals surface area contributed by atoms with Crippen LogP contribution in [0.25, 0.3) is 0 Å². The Morgan fingerprint density at radius 1 is 1.08 bits per heavy atom. The van der Waals surface area contributed by atoms with Crippen molar-refractivity contribution in [3.8, 4) is 0 Å². The van der Waals surface area contributed by atoms with Crippen LogP contribution in [0.15, 0.2) is 47.4 Å². The molecule has 1 saturated heterocycles. The average molecular weight is 525 g/mol. The van der Waals surface area contributed by atoms with Gasteiger partial charge in [0, 0.05) is 23.4 Å². The Hall–Kier alpha value is -2.95. The van der Waals surface area contributed by atoms with E-state index < -0.39 is 51.3 Å². The van der Waals surface area contributed by atoms with Crippen molar-refractivity contribution in [1.29, 1.82) is 0 Å². The van der Waals surface area contributed by atoms with E-state index in [1.807, 2.05) is 0 Å². The minimum Gasteiger partial charge on any atom is -0.347 e. The van der Waals surface area contributed by atoms with Crippen LogP contribution in [0.3, 0.4) is 0 Å². The normalized spacial score (nSPS) is 24.2. The third-order valence-corrected chi connectivity index (χ3v) is 8.31. The number of piperidine rings is 1. The zero-order valence-electron chi connectivity index (χ0n) is 19.3. The van der Waals surface area contributed by atoms with Gasteiger partial charge in [-0.25, -0.2) is 12.8 Å². The first-order valence-corrected chi connectivity index (χ1v) is 13.5. The minimum absolute atomic E-state index is 0.00697. The number of halogens is 4. The van der Waals surface area contributed by atoms with Crippen LogP contribution in [-0.2, 0) is 20.8 Å². The molecule has 2 amide bonds. The molecule has 36 heavy (non-hydrogen) atoms. The number of rotatable bonds is 6. The summed E-state index contributed by atoms with van der Waals surface area (Å²) in [5, 5.41) is 2.80. The third kappa shape index (κ3) is 4.72. The van der Waals surface area contributed by atoms with Gasteiger partial charge in [0.15, 0.2) is 9.84 Å². The van der Waals surface area contributed by atoms with Gasteiger partial charge in [-0.15, -0.1) is 0 Å². The van der Waals surface area contributed by atoms with Gasteiger partial charge in [0.05, 0.1) is 16.5 Å². The number of carbonyl (C=O) groups excluding carboxylic acids is 2. The quantitative estimate of drug-likeness (QED) is 0.577. The Labute approximate surface area is 205 Å². The molecule has 0 unspecified atom stereocenters. The van der Waals surface area contributed by atoms with Crippen LogP contribution >= 0.6 is 0 Å². The van der Waals surface area contributed by atoms with Crippen LogP contribution < -0.4 is 5.32 Å². The Bertz CT molecular complexity index is 1340. The van der Waals surface area contributed by atoms with Crippen LogP contribution in [0.1, 0.15) is 53.2 Å². The van der Waals surface area contributed by atoms with Gasteiger partial charge in [-0.2, -0.15) is 13.2 Å². The lowest BCUT2D eigenvalue weighted by Crippen LogP contribution is -2.49. The van der Waals surface area contributed by atoms with Gasteiger partial charge in [-0.3, -0.25) is 9.59 Å². The smallest absolute Gasteiger partial charge is 0.347 e. The van der Waals surface area contributed by atoms with E-state index in [4.69, 9.17) is 0 Å². The molecule has 3 aliphatic rings. The predicted molar refractivity (Wildman–Crippen MR) is 121 cm³/mol. The van der Waals surface area contributed by atoms with Crippen molar-refractivity contribution in [2.24, 2.45) is 11.8 Å². The maximum Gasteiger partial charge on any atom is 0.416 e. The number of nitrogens with zero attached hydrogens (tertiary/aromatic N) is 1. The predicted octanol–water partition coefficient (Wildman–Crippen LogP) is 4.12. The molecule has 1 N–H and O–H groups in total. The third-order valence-electron chi connectivity index (χ3n) is 7.20. The van der Waals surface area contributed by atoms with Crippen LogP contribution in [0, 0.1) is 17.7 Å². The van der Waals surface area contributed by atoms with Crippen molar-refractivity contribution in [2.75, 3.05) is 6.26 Å². The summed E-state index contributed by atoms with van der Waals surface area (Å²) in [6.45, 7) is 0. The maximum absolute atomic E-state index is 14.7. The number of carbonyl (C=O) groups is 2. The van der Waals surface area contributed by atoms with Crippen LogP contribution in [0.4, 0.5) is 17.6 Å². The van der Waals surface area contributed by atoms with Crippen LogP contribution in [0.5, 0.6) is 0 Å². The number of sulfone groups is 1. The molecule has 3 fully saturated rings. The van der Waals surface area contributed by atoms with E-state index in [0.717, 1.165) is 24.8 Å². The molecule has 2 aromatic rings. The van der Waals surface area contributed by atoms with Gasteiger partial charge >= 0.3 is 6.18 Å². The molecule has 0 bridgehead atoms. The lowest BCUT2D eigenvalue weighted by molar-refractivity contribution is -0.137. The molecule has 2 aromatic carbocycles. The Morgan fingerprint density at radius 2 is 1.81 bits per heavy atom. The molecule has 6 nitrogen and oxygen atoms in total. The first-order chi connectivity index (χ1) is 16.8. The summed E-state index contributed by atoms with van der Waals surface area (Å²) in [6, 6.07) is 6.16. The lowest BCUT2D eigenvalue weighted by atomic mass is 9.99. The zero-order chi connectivity index (χ0) is 26.0. The monoisotopic (exact) mass is 524 g/mol. The summed E-state index contributed by atoms with van der Waals surface area (Å²) in [4.78, 5) is 28.1. The summed E-state index contributed by atoms with van der Waals surface area (Å²) in [7, 11) is -3.54. The van der Waals surface area contributed by atoms with E-state index in [1.54, 1.807) is 0 Å². The number of hydrogen-bond acceptors (Lipinski definition) is 4. The van der Waals surface area contributed by atoms with Crippen LogP contribution in [0.2, 0.25) is 0 Å². The first kappa shape index (κ1) is 24.7. The van der Waals surface area contributed by atoms with E-state index in [2.05, 4.69) is 5.32 Å². The largest absolute Gasteiger partial charge is 0.416 e. The summed E-state index contributed by atoms with van der Waals surface area (Å²) in [6.07, 6.45) is -1.10. The SMILES string of the molecule is CS(=O)(=O)c1cccc(C(=O)N2[C@@H](C(=O)N[C@@H](c3ccc(C(F)(F)F)cc3F)C3CC3)C[C@H]3C[C@@H]32)c1. The highest BCUT2D eigenvalue weighted by Gasteiger charge is 2.56. The van der Waals surface area contributed by atoms with Gasteiger partial charge < -0.3 is 10.2 Å². The van der Waals surface area contributed by atoms with Crippen molar-refractivity contribution >= 4 is 21.7 Å². The van der Waals surface area contributed by atoms with Gasteiger partial charge in [-0.1, -0.05) is 12.1 Å². The molecule has 192 valence electrons. The molecule has 0 radical (unpaired) electrons. The first-order valence-electron chi connectivity index (χ1n) is 11.6. The minimum atomic E-state index is -4.68. The molecule has 2 saturated carbocycles. The van der Waals surface area contributed by atoms with Gasteiger partial charge in [0.25, 0.3) is 5.91 Å². The number of hydrogen-bond donors (Lipinski definition) is 1. The second-order valence-corrected chi connectivity index (χ2v) is 11.9. The van der Waals surface area contributed by atoms with Crippen molar-refractivity contribution in [2.45, 2.75) is 54.9 Å². The standard InChI is InChI=1S/C25H24F4N2O4S/c1-36(34,35)17-4-2-3-14(9-17)24(33)31-20-10-15(20)11-21(31)23(32)30-22(13-5-6-13)18-8-7-16(12-19(18)26)25(27,28)29/h2-4,7-9,12-13,15,20-22H,5-6,10-11H2,1H3,(H,30,32)/t15-,20+,21-,22-/m1/s1. The molecule has 2 aliphatic carbocycles. The number of fused-ring (bicyclic) bond motifs is 1. The molecule has 0 aromatic heterocycles. The molecule has 1 aliphatic heterocycles. The molecule has 11 heteroatoms. The highest BCUT2D eigenvalue weighted by atomic mass is 32.2. The second-order valence-electron chi connectivity index (χ2n) is 9.88. The lowest BCUT2D eigenvalue weighted by Gasteiger charge is -2.29. The molecular weight excluding hydrogens is 500 g/mol. The number of benzene rings is 2. The molecule has 1 heterocycles.